The number of nitrogens with zero attached hydrogens (tertiary/aromatic N) is 2. The second-order valence-electron chi connectivity index (χ2n) is 6.04. The van der Waals surface area contributed by atoms with E-state index in [1.165, 1.54) is 0 Å². The Morgan fingerprint density at radius 1 is 1.11 bits per heavy atom. The lowest BCUT2D eigenvalue weighted by Crippen LogP contribution is -2.27. The van der Waals surface area contributed by atoms with E-state index in [-0.39, 0.29) is 11.9 Å². The van der Waals surface area contributed by atoms with Gasteiger partial charge in [-0.25, -0.2) is 0 Å². The van der Waals surface area contributed by atoms with Crippen molar-refractivity contribution in [1.82, 2.24) is 10.3 Å². The van der Waals surface area contributed by atoms with Gasteiger partial charge in [-0.1, -0.05) is 30.3 Å². The summed E-state index contributed by atoms with van der Waals surface area (Å²) >= 11 is 1.61. The van der Waals surface area contributed by atoms with Crippen molar-refractivity contribution >= 4 is 17.7 Å². The number of nitrogens with one attached hydrogen (secondary N) is 1. The fraction of sp³-hybridized carbons (Fsp3) is 0.136. The van der Waals surface area contributed by atoms with Gasteiger partial charge in [0.25, 0.3) is 5.91 Å². The van der Waals surface area contributed by atoms with Gasteiger partial charge in [-0.2, -0.15) is 5.26 Å². The monoisotopic (exact) mass is 373 g/mol. The van der Waals surface area contributed by atoms with Crippen molar-refractivity contribution in [3.05, 3.63) is 95.3 Å². The molecule has 1 N–H and O–H groups in total. The molecule has 1 atom stereocenters. The van der Waals surface area contributed by atoms with Gasteiger partial charge in [-0.3, -0.25) is 9.78 Å². The van der Waals surface area contributed by atoms with Gasteiger partial charge in [-0.05, 0) is 48.9 Å². The van der Waals surface area contributed by atoms with E-state index < -0.39 is 0 Å². The molecule has 5 heteroatoms. The highest BCUT2D eigenvalue weighted by molar-refractivity contribution is 7.98. The zero-order valence-corrected chi connectivity index (χ0v) is 15.7. The van der Waals surface area contributed by atoms with E-state index >= 15 is 0 Å². The van der Waals surface area contributed by atoms with Gasteiger partial charge in [-0.15, -0.1) is 11.8 Å². The Morgan fingerprint density at radius 3 is 2.56 bits per heavy atom. The van der Waals surface area contributed by atoms with Crippen LogP contribution >= 0.6 is 11.8 Å². The van der Waals surface area contributed by atoms with Crippen LogP contribution in [-0.2, 0) is 5.75 Å². The fourth-order valence-corrected chi connectivity index (χ4v) is 3.60. The summed E-state index contributed by atoms with van der Waals surface area (Å²) in [5, 5.41) is 11.9. The molecule has 0 aliphatic carbocycles. The molecule has 0 bridgehead atoms. The van der Waals surface area contributed by atoms with Crippen molar-refractivity contribution < 1.29 is 4.79 Å². The Bertz CT molecular complexity index is 949. The number of nitriles is 1. The molecule has 0 saturated heterocycles. The summed E-state index contributed by atoms with van der Waals surface area (Å²) in [4.78, 5) is 18.0. The SMILES string of the molecule is CC(NC(=O)c1ccccc1SCc1ccc(C#N)cc1)c1ccccn1. The van der Waals surface area contributed by atoms with Crippen LogP contribution in [0.15, 0.2) is 77.8 Å². The number of thioether (sulfide) groups is 1. The van der Waals surface area contributed by atoms with Crippen LogP contribution in [0.25, 0.3) is 0 Å². The number of pyridine rings is 1. The molecule has 4 nitrogen and oxygen atoms in total. The van der Waals surface area contributed by atoms with Gasteiger partial charge < -0.3 is 5.32 Å². The molecule has 1 heterocycles. The van der Waals surface area contributed by atoms with E-state index in [2.05, 4.69) is 16.4 Å². The Morgan fingerprint density at radius 2 is 1.85 bits per heavy atom. The smallest absolute Gasteiger partial charge is 0.252 e. The number of benzene rings is 2. The largest absolute Gasteiger partial charge is 0.344 e. The molecule has 0 fully saturated rings. The summed E-state index contributed by atoms with van der Waals surface area (Å²) in [5.74, 6) is 0.613. The number of aromatic nitrogens is 1. The summed E-state index contributed by atoms with van der Waals surface area (Å²) in [6.45, 7) is 1.92. The second kappa shape index (κ2) is 9.02. The maximum absolute atomic E-state index is 12.8. The Labute approximate surface area is 163 Å². The Kier molecular flexibility index (Phi) is 6.24. The molecule has 0 spiro atoms. The molecule has 2 aromatic carbocycles. The zero-order chi connectivity index (χ0) is 19.1. The minimum absolute atomic E-state index is 0.115. The maximum Gasteiger partial charge on any atom is 0.252 e. The zero-order valence-electron chi connectivity index (χ0n) is 14.9. The first-order chi connectivity index (χ1) is 13.2. The molecule has 27 heavy (non-hydrogen) atoms. The van der Waals surface area contributed by atoms with Crippen LogP contribution in [0.1, 0.15) is 40.1 Å². The summed E-state index contributed by atoms with van der Waals surface area (Å²) in [6, 6.07) is 22.7. The normalized spacial score (nSPS) is 11.4. The van der Waals surface area contributed by atoms with Crippen LogP contribution in [0, 0.1) is 11.3 Å². The van der Waals surface area contributed by atoms with Crippen molar-refractivity contribution in [1.29, 1.82) is 5.26 Å². The van der Waals surface area contributed by atoms with Crippen molar-refractivity contribution in [3.8, 4) is 6.07 Å². The minimum Gasteiger partial charge on any atom is -0.344 e. The van der Waals surface area contributed by atoms with E-state index in [9.17, 15) is 4.79 Å². The first-order valence-corrected chi connectivity index (χ1v) is 9.58. The molecule has 134 valence electrons. The number of amides is 1. The molecular weight excluding hydrogens is 354 g/mol. The Hall–Kier alpha value is -3.10. The molecule has 1 amide bonds. The molecular formula is C22H19N3OS. The van der Waals surface area contributed by atoms with Crippen molar-refractivity contribution in [2.24, 2.45) is 0 Å². The third-order valence-corrected chi connectivity index (χ3v) is 5.23. The summed E-state index contributed by atoms with van der Waals surface area (Å²) in [6.07, 6.45) is 1.72. The number of hydrogen-bond acceptors (Lipinski definition) is 4. The average molecular weight is 373 g/mol. The van der Waals surface area contributed by atoms with E-state index in [4.69, 9.17) is 5.26 Å². The third kappa shape index (κ3) is 4.96. The summed E-state index contributed by atoms with van der Waals surface area (Å²) in [7, 11) is 0. The summed E-state index contributed by atoms with van der Waals surface area (Å²) in [5.41, 5.74) is 3.23. The van der Waals surface area contributed by atoms with Gasteiger partial charge in [0, 0.05) is 16.8 Å². The van der Waals surface area contributed by atoms with Crippen LogP contribution in [0.2, 0.25) is 0 Å². The van der Waals surface area contributed by atoms with Crippen LogP contribution < -0.4 is 5.32 Å². The fourth-order valence-electron chi connectivity index (χ4n) is 2.60. The lowest BCUT2D eigenvalue weighted by molar-refractivity contribution is 0.0936. The topological polar surface area (TPSA) is 65.8 Å². The molecule has 0 aliphatic rings. The summed E-state index contributed by atoms with van der Waals surface area (Å²) < 4.78 is 0. The van der Waals surface area contributed by atoms with E-state index in [1.54, 1.807) is 18.0 Å². The molecule has 0 saturated carbocycles. The van der Waals surface area contributed by atoms with Gasteiger partial charge in [0.1, 0.15) is 0 Å². The number of rotatable bonds is 6. The molecule has 1 unspecified atom stereocenters. The van der Waals surface area contributed by atoms with Crippen molar-refractivity contribution in [3.63, 3.8) is 0 Å². The third-order valence-electron chi connectivity index (χ3n) is 4.09. The predicted octanol–water partition coefficient (Wildman–Crippen LogP) is 4.74. The maximum atomic E-state index is 12.8. The van der Waals surface area contributed by atoms with Gasteiger partial charge in [0.15, 0.2) is 0 Å². The van der Waals surface area contributed by atoms with Crippen molar-refractivity contribution in [2.45, 2.75) is 23.6 Å². The van der Waals surface area contributed by atoms with Crippen LogP contribution in [-0.4, -0.2) is 10.9 Å². The van der Waals surface area contributed by atoms with E-state index in [1.807, 2.05) is 73.7 Å². The minimum atomic E-state index is -0.171. The second-order valence-corrected chi connectivity index (χ2v) is 7.06. The molecule has 1 aromatic heterocycles. The highest BCUT2D eigenvalue weighted by Crippen LogP contribution is 2.27. The number of hydrogen-bond donors (Lipinski definition) is 1. The number of carbonyl (C=O) groups excluding carboxylic acids is 1. The van der Waals surface area contributed by atoms with Gasteiger partial charge >= 0.3 is 0 Å². The van der Waals surface area contributed by atoms with Crippen LogP contribution in [0.3, 0.4) is 0 Å². The number of carbonyl (C=O) groups is 1. The lowest BCUT2D eigenvalue weighted by Gasteiger charge is -2.15. The highest BCUT2D eigenvalue weighted by Gasteiger charge is 2.15. The average Bonchev–Trinajstić information content (AvgIpc) is 2.73. The van der Waals surface area contributed by atoms with Gasteiger partial charge in [0.2, 0.25) is 0 Å². The van der Waals surface area contributed by atoms with Crippen LogP contribution in [0.5, 0.6) is 0 Å². The van der Waals surface area contributed by atoms with Crippen molar-refractivity contribution in [2.75, 3.05) is 0 Å². The first-order valence-electron chi connectivity index (χ1n) is 8.60. The predicted molar refractivity (Wildman–Crippen MR) is 107 cm³/mol. The molecule has 0 radical (unpaired) electrons. The van der Waals surface area contributed by atoms with E-state index in [0.717, 1.165) is 21.9 Å². The standard InChI is InChI=1S/C22H19N3OS/c1-16(20-7-4-5-13-24-20)25-22(26)19-6-2-3-8-21(19)27-15-18-11-9-17(14-23)10-12-18/h2-13,16H,15H2,1H3,(H,25,26). The van der Waals surface area contributed by atoms with Gasteiger partial charge in [0.05, 0.1) is 28.9 Å². The molecule has 0 aliphatic heterocycles. The molecule has 3 rings (SSSR count). The van der Waals surface area contributed by atoms with E-state index in [0.29, 0.717) is 11.1 Å². The quantitative estimate of drug-likeness (QED) is 0.634. The molecule has 3 aromatic rings. The lowest BCUT2D eigenvalue weighted by atomic mass is 10.1. The van der Waals surface area contributed by atoms with Crippen LogP contribution in [0.4, 0.5) is 0 Å². The highest BCUT2D eigenvalue weighted by atomic mass is 32.2. The Balaban J connectivity index is 1.69. The first kappa shape index (κ1) is 18.7.